The summed E-state index contributed by atoms with van der Waals surface area (Å²) >= 11 is 0. The first-order valence-electron chi connectivity index (χ1n) is 11.1. The fraction of sp³-hybridized carbons (Fsp3) is 0.636. The van der Waals surface area contributed by atoms with Crippen molar-refractivity contribution in [3.63, 3.8) is 0 Å². The minimum Gasteiger partial charge on any atom is -0.369 e. The van der Waals surface area contributed by atoms with Gasteiger partial charge in [0.25, 0.3) is 5.91 Å². The van der Waals surface area contributed by atoms with E-state index in [4.69, 9.17) is 0 Å². The molecular weight excluding hydrogens is 409 g/mol. The van der Waals surface area contributed by atoms with Gasteiger partial charge in [-0.2, -0.15) is 13.2 Å². The molecule has 0 saturated carbocycles. The van der Waals surface area contributed by atoms with Crippen LogP contribution >= 0.6 is 0 Å². The molecule has 0 N–H and O–H groups in total. The molecule has 0 aromatic heterocycles. The van der Waals surface area contributed by atoms with Crippen LogP contribution in [0.15, 0.2) is 24.3 Å². The van der Waals surface area contributed by atoms with Gasteiger partial charge in [-0.15, -0.1) is 0 Å². The van der Waals surface area contributed by atoms with E-state index < -0.39 is 11.7 Å². The van der Waals surface area contributed by atoms with E-state index in [1.807, 2.05) is 4.90 Å². The third-order valence-electron chi connectivity index (χ3n) is 6.55. The monoisotopic (exact) mass is 438 g/mol. The molecule has 170 valence electrons. The van der Waals surface area contributed by atoms with E-state index in [9.17, 15) is 22.8 Å². The number of imide groups is 1. The SMILES string of the molecule is O=C1C2CCCCN2C(=O)N1CCCCN1CCN(c2cccc(C(F)(F)F)c2)CC1. The number of carbonyl (C=O) groups is 2. The molecule has 3 saturated heterocycles. The van der Waals surface area contributed by atoms with Crippen molar-refractivity contribution < 1.29 is 22.8 Å². The number of hydrogen-bond acceptors (Lipinski definition) is 4. The zero-order valence-electron chi connectivity index (χ0n) is 17.6. The molecule has 3 heterocycles. The Kier molecular flexibility index (Phi) is 6.41. The van der Waals surface area contributed by atoms with Crippen molar-refractivity contribution in [1.82, 2.24) is 14.7 Å². The summed E-state index contributed by atoms with van der Waals surface area (Å²) in [6.45, 7) is 4.94. The van der Waals surface area contributed by atoms with Crippen molar-refractivity contribution in [2.75, 3.05) is 50.7 Å². The van der Waals surface area contributed by atoms with Crippen molar-refractivity contribution in [3.8, 4) is 0 Å². The number of rotatable bonds is 6. The standard InChI is InChI=1S/C22H29F3N4O2/c23-22(24,25)17-6-5-7-18(16-17)27-14-12-26(13-15-27)9-3-4-11-29-20(30)19-8-1-2-10-28(19)21(29)31/h5-7,16,19H,1-4,8-15H2. The van der Waals surface area contributed by atoms with Gasteiger partial charge in [0.05, 0.1) is 5.56 Å². The van der Waals surface area contributed by atoms with Gasteiger partial charge < -0.3 is 9.80 Å². The van der Waals surface area contributed by atoms with Crippen LogP contribution in [0, 0.1) is 0 Å². The van der Waals surface area contributed by atoms with Crippen molar-refractivity contribution >= 4 is 17.6 Å². The normalized spacial score (nSPS) is 22.9. The zero-order valence-corrected chi connectivity index (χ0v) is 17.6. The third kappa shape index (κ3) is 4.81. The van der Waals surface area contributed by atoms with E-state index in [2.05, 4.69) is 4.90 Å². The van der Waals surface area contributed by atoms with Crippen molar-refractivity contribution in [3.05, 3.63) is 29.8 Å². The average Bonchev–Trinajstić information content (AvgIpc) is 3.01. The molecule has 0 bridgehead atoms. The second-order valence-corrected chi connectivity index (χ2v) is 8.56. The van der Waals surface area contributed by atoms with Crippen LogP contribution in [0.4, 0.5) is 23.7 Å². The topological polar surface area (TPSA) is 47.1 Å². The summed E-state index contributed by atoms with van der Waals surface area (Å²) in [4.78, 5) is 32.3. The molecule has 0 radical (unpaired) electrons. The minimum atomic E-state index is -4.33. The van der Waals surface area contributed by atoms with Crippen LogP contribution in [-0.4, -0.2) is 78.5 Å². The van der Waals surface area contributed by atoms with Gasteiger partial charge in [0, 0.05) is 45.0 Å². The number of nitrogens with zero attached hydrogens (tertiary/aromatic N) is 4. The van der Waals surface area contributed by atoms with Crippen molar-refractivity contribution in [2.24, 2.45) is 0 Å². The molecule has 9 heteroatoms. The number of carbonyl (C=O) groups excluding carboxylic acids is 2. The van der Waals surface area contributed by atoms with Crippen LogP contribution in [0.5, 0.6) is 0 Å². The number of alkyl halides is 3. The molecule has 0 spiro atoms. The van der Waals surface area contributed by atoms with E-state index >= 15 is 0 Å². The summed E-state index contributed by atoms with van der Waals surface area (Å²) < 4.78 is 38.8. The Hall–Kier alpha value is -2.29. The second-order valence-electron chi connectivity index (χ2n) is 8.56. The lowest BCUT2D eigenvalue weighted by Gasteiger charge is -2.36. The van der Waals surface area contributed by atoms with Gasteiger partial charge in [0.2, 0.25) is 0 Å². The molecule has 1 unspecified atom stereocenters. The van der Waals surface area contributed by atoms with E-state index in [1.54, 1.807) is 11.0 Å². The maximum Gasteiger partial charge on any atom is 0.416 e. The van der Waals surface area contributed by atoms with E-state index in [-0.39, 0.29) is 18.0 Å². The first kappa shape index (κ1) is 21.9. The maximum atomic E-state index is 12.9. The van der Waals surface area contributed by atoms with Gasteiger partial charge >= 0.3 is 12.2 Å². The Labute approximate surface area is 180 Å². The Balaban J connectivity index is 1.19. The molecule has 3 amide bonds. The van der Waals surface area contributed by atoms with E-state index in [0.29, 0.717) is 31.9 Å². The summed E-state index contributed by atoms with van der Waals surface area (Å²) in [6.07, 6.45) is 0.0650. The molecule has 31 heavy (non-hydrogen) atoms. The molecule has 1 atom stereocenters. The van der Waals surface area contributed by atoms with Crippen LogP contribution in [0.3, 0.4) is 0 Å². The minimum absolute atomic E-state index is 0.0422. The number of unbranched alkanes of at least 4 members (excludes halogenated alkanes) is 1. The zero-order chi connectivity index (χ0) is 22.0. The predicted molar refractivity (Wildman–Crippen MR) is 111 cm³/mol. The molecule has 3 aliphatic rings. The highest BCUT2D eigenvalue weighted by Crippen LogP contribution is 2.32. The van der Waals surface area contributed by atoms with E-state index in [1.165, 1.54) is 17.0 Å². The lowest BCUT2D eigenvalue weighted by atomic mass is 10.0. The Bertz CT molecular complexity index is 784. The van der Waals surface area contributed by atoms with Gasteiger partial charge in [0.1, 0.15) is 6.04 Å². The highest BCUT2D eigenvalue weighted by atomic mass is 19.4. The lowest BCUT2D eigenvalue weighted by molar-refractivity contribution is -0.137. The quantitative estimate of drug-likeness (QED) is 0.505. The number of amides is 3. The summed E-state index contributed by atoms with van der Waals surface area (Å²) in [5, 5.41) is 0. The highest BCUT2D eigenvalue weighted by molar-refractivity contribution is 6.04. The molecule has 0 aliphatic carbocycles. The molecule has 6 nitrogen and oxygen atoms in total. The number of fused-ring (bicyclic) bond motifs is 1. The van der Waals surface area contributed by atoms with Crippen LogP contribution in [0.25, 0.3) is 0 Å². The number of benzene rings is 1. The molecular formula is C22H29F3N4O2. The number of piperidine rings is 1. The molecule has 4 rings (SSSR count). The van der Waals surface area contributed by atoms with Gasteiger partial charge in [0.15, 0.2) is 0 Å². The third-order valence-corrected chi connectivity index (χ3v) is 6.55. The van der Waals surface area contributed by atoms with Crippen LogP contribution in [0.1, 0.15) is 37.7 Å². The smallest absolute Gasteiger partial charge is 0.369 e. The lowest BCUT2D eigenvalue weighted by Crippen LogP contribution is -2.46. The number of hydrogen-bond donors (Lipinski definition) is 0. The van der Waals surface area contributed by atoms with Gasteiger partial charge in [-0.1, -0.05) is 6.07 Å². The summed E-state index contributed by atoms with van der Waals surface area (Å²) in [7, 11) is 0. The van der Waals surface area contributed by atoms with Crippen LogP contribution in [0.2, 0.25) is 0 Å². The Morgan fingerprint density at radius 1 is 0.935 bits per heavy atom. The first-order chi connectivity index (χ1) is 14.8. The molecule has 1 aromatic rings. The Morgan fingerprint density at radius 3 is 2.39 bits per heavy atom. The van der Waals surface area contributed by atoms with Crippen molar-refractivity contribution in [2.45, 2.75) is 44.3 Å². The highest BCUT2D eigenvalue weighted by Gasteiger charge is 2.45. The fourth-order valence-corrected chi connectivity index (χ4v) is 4.77. The average molecular weight is 438 g/mol. The number of anilines is 1. The van der Waals surface area contributed by atoms with E-state index in [0.717, 1.165) is 57.8 Å². The maximum absolute atomic E-state index is 12.9. The number of halogens is 3. The number of piperazine rings is 1. The predicted octanol–water partition coefficient (Wildman–Crippen LogP) is 3.42. The van der Waals surface area contributed by atoms with Crippen LogP contribution < -0.4 is 4.90 Å². The van der Waals surface area contributed by atoms with Crippen molar-refractivity contribution in [1.29, 1.82) is 0 Å². The Morgan fingerprint density at radius 2 is 1.68 bits per heavy atom. The molecule has 3 fully saturated rings. The molecule has 1 aromatic carbocycles. The van der Waals surface area contributed by atoms with Gasteiger partial charge in [-0.05, 0) is 56.8 Å². The summed E-state index contributed by atoms with van der Waals surface area (Å²) in [5.41, 5.74) is -0.00777. The summed E-state index contributed by atoms with van der Waals surface area (Å²) in [5.74, 6) is -0.0422. The molecule has 3 aliphatic heterocycles. The van der Waals surface area contributed by atoms with Crippen LogP contribution in [-0.2, 0) is 11.0 Å². The van der Waals surface area contributed by atoms with Gasteiger partial charge in [-0.25, -0.2) is 4.79 Å². The fourth-order valence-electron chi connectivity index (χ4n) is 4.77. The largest absolute Gasteiger partial charge is 0.416 e. The van der Waals surface area contributed by atoms with Gasteiger partial charge in [-0.3, -0.25) is 14.6 Å². The first-order valence-corrected chi connectivity index (χ1v) is 11.1. The summed E-state index contributed by atoms with van der Waals surface area (Å²) in [6, 6.07) is 5.12. The second kappa shape index (κ2) is 9.06. The number of urea groups is 1.